The molecule has 1 fully saturated rings. The van der Waals surface area contributed by atoms with Crippen molar-refractivity contribution in [2.45, 2.75) is 38.2 Å². The van der Waals surface area contributed by atoms with Crippen LogP contribution in [0.25, 0.3) is 5.69 Å². The molecule has 1 aromatic heterocycles. The molecule has 5 rings (SSSR count). The second kappa shape index (κ2) is 8.33. The van der Waals surface area contributed by atoms with Crippen LogP contribution in [0, 0.1) is 17.5 Å². The van der Waals surface area contributed by atoms with E-state index in [1.807, 2.05) is 0 Å². The highest BCUT2D eigenvalue weighted by Gasteiger charge is 2.32. The third-order valence-corrected chi connectivity index (χ3v) is 6.13. The van der Waals surface area contributed by atoms with Gasteiger partial charge in [-0.3, -0.25) is 4.79 Å². The Morgan fingerprint density at radius 3 is 2.53 bits per heavy atom. The van der Waals surface area contributed by atoms with Gasteiger partial charge in [-0.15, -0.1) is 0 Å². The van der Waals surface area contributed by atoms with Crippen LogP contribution < -0.4 is 4.74 Å². The zero-order valence-corrected chi connectivity index (χ0v) is 17.4. The molecule has 8 heteroatoms. The molecule has 2 aliphatic rings. The monoisotopic (exact) mass is 441 g/mol. The molecule has 0 N–H and O–H groups in total. The molecule has 166 valence electrons. The van der Waals surface area contributed by atoms with Crippen LogP contribution in [0.15, 0.2) is 42.5 Å². The smallest absolute Gasteiger partial charge is 0.274 e. The summed E-state index contributed by atoms with van der Waals surface area (Å²) in [6.07, 6.45) is 3.19. The quantitative estimate of drug-likeness (QED) is 0.601. The van der Waals surface area contributed by atoms with Crippen molar-refractivity contribution in [3.05, 3.63) is 76.9 Å². The van der Waals surface area contributed by atoms with Gasteiger partial charge in [0.15, 0.2) is 17.3 Å². The number of hydrogen-bond donors (Lipinski definition) is 0. The van der Waals surface area contributed by atoms with E-state index in [4.69, 9.17) is 4.74 Å². The number of amides is 1. The Labute approximate surface area is 183 Å². The predicted octanol–water partition coefficient (Wildman–Crippen LogP) is 4.46. The van der Waals surface area contributed by atoms with Gasteiger partial charge in [-0.25, -0.2) is 17.9 Å². The van der Waals surface area contributed by atoms with Crippen LogP contribution in [0.2, 0.25) is 0 Å². The fraction of sp³-hybridized carbons (Fsp3) is 0.333. The molecule has 5 nitrogen and oxygen atoms in total. The maximum atomic E-state index is 14.4. The number of nitrogens with zero attached hydrogens (tertiary/aromatic N) is 3. The number of ether oxygens (including phenoxy) is 1. The van der Waals surface area contributed by atoms with E-state index < -0.39 is 11.6 Å². The summed E-state index contributed by atoms with van der Waals surface area (Å²) in [5, 5.41) is 4.51. The summed E-state index contributed by atoms with van der Waals surface area (Å²) < 4.78 is 48.6. The van der Waals surface area contributed by atoms with Crippen LogP contribution in [0.3, 0.4) is 0 Å². The van der Waals surface area contributed by atoms with E-state index in [-0.39, 0.29) is 23.6 Å². The van der Waals surface area contributed by atoms with Crippen LogP contribution in [-0.2, 0) is 12.8 Å². The number of hydrogen-bond acceptors (Lipinski definition) is 3. The summed E-state index contributed by atoms with van der Waals surface area (Å²) in [6, 6.07) is 9.64. The van der Waals surface area contributed by atoms with Crippen molar-refractivity contribution in [1.29, 1.82) is 0 Å². The second-order valence-corrected chi connectivity index (χ2v) is 8.17. The molecule has 0 atom stereocenters. The van der Waals surface area contributed by atoms with E-state index in [0.29, 0.717) is 37.3 Å². The highest BCUT2D eigenvalue weighted by atomic mass is 19.1. The molecule has 0 unspecified atom stereocenters. The number of para-hydroxylation sites is 1. The van der Waals surface area contributed by atoms with Crippen molar-refractivity contribution in [3.8, 4) is 11.4 Å². The summed E-state index contributed by atoms with van der Waals surface area (Å²) in [5.41, 5.74) is 2.51. The van der Waals surface area contributed by atoms with E-state index in [1.54, 1.807) is 27.8 Å². The highest BCUT2D eigenvalue weighted by Crippen LogP contribution is 2.30. The van der Waals surface area contributed by atoms with Gasteiger partial charge in [0.1, 0.15) is 23.4 Å². The molecule has 2 aromatic carbocycles. The van der Waals surface area contributed by atoms with E-state index >= 15 is 0 Å². The number of likely N-dealkylation sites (tertiary alicyclic amines) is 1. The van der Waals surface area contributed by atoms with Gasteiger partial charge in [0.2, 0.25) is 0 Å². The first-order chi connectivity index (χ1) is 15.5. The molecule has 1 saturated heterocycles. The molecule has 32 heavy (non-hydrogen) atoms. The van der Waals surface area contributed by atoms with Crippen molar-refractivity contribution in [2.75, 3.05) is 13.1 Å². The summed E-state index contributed by atoms with van der Waals surface area (Å²) in [7, 11) is 0. The van der Waals surface area contributed by atoms with Gasteiger partial charge in [0.25, 0.3) is 5.91 Å². The van der Waals surface area contributed by atoms with Crippen LogP contribution >= 0.6 is 0 Å². The number of aromatic nitrogens is 2. The van der Waals surface area contributed by atoms with Crippen molar-refractivity contribution in [1.82, 2.24) is 14.7 Å². The minimum atomic E-state index is -0.738. The van der Waals surface area contributed by atoms with E-state index in [1.165, 1.54) is 12.1 Å². The maximum Gasteiger partial charge on any atom is 0.274 e. The number of rotatable bonds is 4. The van der Waals surface area contributed by atoms with Crippen LogP contribution in [-0.4, -0.2) is 39.8 Å². The zero-order valence-electron chi connectivity index (χ0n) is 17.4. The number of fused-ring (bicyclic) bond motifs is 1. The van der Waals surface area contributed by atoms with Crippen molar-refractivity contribution in [2.24, 2.45) is 0 Å². The van der Waals surface area contributed by atoms with Crippen LogP contribution in [0.4, 0.5) is 13.2 Å². The molecule has 1 aliphatic heterocycles. The molecule has 0 spiro atoms. The Morgan fingerprint density at radius 1 is 1.00 bits per heavy atom. The van der Waals surface area contributed by atoms with E-state index in [0.717, 1.165) is 42.7 Å². The van der Waals surface area contributed by atoms with Crippen molar-refractivity contribution in [3.63, 3.8) is 0 Å². The van der Waals surface area contributed by atoms with E-state index in [2.05, 4.69) is 5.10 Å². The molecule has 0 radical (unpaired) electrons. The first-order valence-corrected chi connectivity index (χ1v) is 10.8. The van der Waals surface area contributed by atoms with Gasteiger partial charge >= 0.3 is 0 Å². The molecular formula is C24H22F3N3O2. The molecule has 0 saturated carbocycles. The SMILES string of the molecule is O=C(c1nn(-c2ccccc2F)c2c1CCC2)N1CCC(Oc2ccc(F)cc2F)CC1. The summed E-state index contributed by atoms with van der Waals surface area (Å²) >= 11 is 0. The first kappa shape index (κ1) is 20.6. The van der Waals surface area contributed by atoms with E-state index in [9.17, 15) is 18.0 Å². The number of carbonyl (C=O) groups is 1. The third-order valence-electron chi connectivity index (χ3n) is 6.13. The van der Waals surface area contributed by atoms with Gasteiger partial charge in [-0.05, 0) is 43.5 Å². The van der Waals surface area contributed by atoms with Crippen LogP contribution in [0.5, 0.6) is 5.75 Å². The minimum Gasteiger partial charge on any atom is -0.487 e. The first-order valence-electron chi connectivity index (χ1n) is 10.8. The second-order valence-electron chi connectivity index (χ2n) is 8.17. The Hall–Kier alpha value is -3.29. The van der Waals surface area contributed by atoms with Crippen molar-refractivity contribution < 1.29 is 22.7 Å². The number of halogens is 3. The molecule has 1 amide bonds. The molecular weight excluding hydrogens is 419 g/mol. The number of piperidine rings is 1. The van der Waals surface area contributed by atoms with Gasteiger partial charge in [-0.1, -0.05) is 12.1 Å². The lowest BCUT2D eigenvalue weighted by atomic mass is 10.1. The van der Waals surface area contributed by atoms with Gasteiger partial charge in [0, 0.05) is 43.3 Å². The lowest BCUT2D eigenvalue weighted by Gasteiger charge is -2.32. The Balaban J connectivity index is 1.31. The summed E-state index contributed by atoms with van der Waals surface area (Å²) in [5.74, 6) is -1.94. The maximum absolute atomic E-state index is 14.4. The summed E-state index contributed by atoms with van der Waals surface area (Å²) in [6.45, 7) is 0.876. The summed E-state index contributed by atoms with van der Waals surface area (Å²) in [4.78, 5) is 15.0. The lowest BCUT2D eigenvalue weighted by molar-refractivity contribution is 0.0581. The fourth-order valence-corrected chi connectivity index (χ4v) is 4.51. The van der Waals surface area contributed by atoms with Gasteiger partial charge in [-0.2, -0.15) is 5.10 Å². The highest BCUT2D eigenvalue weighted by molar-refractivity contribution is 5.94. The molecule has 2 heterocycles. The van der Waals surface area contributed by atoms with Crippen molar-refractivity contribution >= 4 is 5.91 Å². The predicted molar refractivity (Wildman–Crippen MR) is 111 cm³/mol. The largest absolute Gasteiger partial charge is 0.487 e. The molecule has 0 bridgehead atoms. The van der Waals surface area contributed by atoms with Crippen LogP contribution in [0.1, 0.15) is 41.0 Å². The Bertz CT molecular complexity index is 1170. The zero-order chi connectivity index (χ0) is 22.2. The normalized spacial score (nSPS) is 16.3. The average molecular weight is 441 g/mol. The molecule has 1 aliphatic carbocycles. The fourth-order valence-electron chi connectivity index (χ4n) is 4.51. The Kier molecular flexibility index (Phi) is 5.36. The number of carbonyl (C=O) groups excluding carboxylic acids is 1. The lowest BCUT2D eigenvalue weighted by Crippen LogP contribution is -2.42. The third kappa shape index (κ3) is 3.74. The van der Waals surface area contributed by atoms with Gasteiger partial charge < -0.3 is 9.64 Å². The number of benzene rings is 2. The molecule has 3 aromatic rings. The minimum absolute atomic E-state index is 0.0117. The average Bonchev–Trinajstić information content (AvgIpc) is 3.39. The van der Waals surface area contributed by atoms with Gasteiger partial charge in [0.05, 0.1) is 0 Å². The Morgan fingerprint density at radius 2 is 1.78 bits per heavy atom. The standard InChI is InChI=1S/C24H22F3N3O2/c25-15-8-9-22(19(27)14-15)32-16-10-12-29(13-11-16)24(31)23-17-4-3-7-20(17)30(28-23)21-6-2-1-5-18(21)26/h1-2,5-6,8-9,14,16H,3-4,7,10-13H2. The topological polar surface area (TPSA) is 47.4 Å².